The third-order valence-electron chi connectivity index (χ3n) is 1.97. The first-order chi connectivity index (χ1) is 8.08. The molecule has 0 radical (unpaired) electrons. The van der Waals surface area contributed by atoms with E-state index in [1.807, 2.05) is 0 Å². The van der Waals surface area contributed by atoms with Crippen LogP contribution in [-0.2, 0) is 0 Å². The molecule has 0 spiro atoms. The van der Waals surface area contributed by atoms with Crippen LogP contribution < -0.4 is 5.43 Å². The lowest BCUT2D eigenvalue weighted by Crippen LogP contribution is -2.20. The van der Waals surface area contributed by atoms with Crippen molar-refractivity contribution in [2.75, 3.05) is 0 Å². The lowest BCUT2D eigenvalue weighted by Gasteiger charge is -2.05. The van der Waals surface area contributed by atoms with Crippen molar-refractivity contribution in [2.45, 2.75) is 0 Å². The predicted molar refractivity (Wildman–Crippen MR) is 62.3 cm³/mol. The Morgan fingerprint density at radius 2 is 2.18 bits per heavy atom. The van der Waals surface area contributed by atoms with E-state index in [0.29, 0.717) is 5.69 Å². The number of carboxylic acids is 1. The second-order valence-corrected chi connectivity index (χ2v) is 4.06. The topological polar surface area (TPSA) is 85.1 Å². The number of carboxylic acid groups (broad SMARTS) is 1. The minimum absolute atomic E-state index is 0.521. The Labute approximate surface area is 104 Å². The molecule has 0 aliphatic carbocycles. The van der Waals surface area contributed by atoms with E-state index in [4.69, 9.17) is 5.11 Å². The molecular formula is C10H6BrN3O3. The molecule has 0 saturated heterocycles. The molecule has 2 heterocycles. The molecule has 86 valence electrons. The van der Waals surface area contributed by atoms with Gasteiger partial charge in [-0.3, -0.25) is 9.78 Å². The zero-order valence-corrected chi connectivity index (χ0v) is 9.96. The fourth-order valence-electron chi connectivity index (χ4n) is 1.23. The zero-order chi connectivity index (χ0) is 12.4. The smallest absolute Gasteiger partial charge is 0.360 e. The highest BCUT2D eigenvalue weighted by molar-refractivity contribution is 9.10. The largest absolute Gasteiger partial charge is 0.476 e. The summed E-state index contributed by atoms with van der Waals surface area (Å²) in [6, 6.07) is 2.85. The van der Waals surface area contributed by atoms with Crippen LogP contribution in [0.5, 0.6) is 0 Å². The van der Waals surface area contributed by atoms with Gasteiger partial charge in [-0.15, -0.1) is 0 Å². The highest BCUT2D eigenvalue weighted by atomic mass is 79.9. The predicted octanol–water partition coefficient (Wildman–Crippen LogP) is 1.09. The van der Waals surface area contributed by atoms with Crippen molar-refractivity contribution >= 4 is 21.9 Å². The summed E-state index contributed by atoms with van der Waals surface area (Å²) in [6.07, 6.45) is 4.48. The standard InChI is InChI=1S/C10H6BrN3O3/c11-6-3-7(5-12-4-6)14-2-1-8(15)9(13-14)10(16)17/h1-5H,(H,16,17). The van der Waals surface area contributed by atoms with E-state index in [1.165, 1.54) is 17.1 Å². The number of aromatic carboxylic acids is 1. The number of rotatable bonds is 2. The van der Waals surface area contributed by atoms with Crippen LogP contribution in [0.1, 0.15) is 10.5 Å². The Bertz CT molecular complexity index is 639. The van der Waals surface area contributed by atoms with Crippen LogP contribution in [0.25, 0.3) is 5.69 Å². The molecule has 6 nitrogen and oxygen atoms in total. The fourth-order valence-corrected chi connectivity index (χ4v) is 1.58. The summed E-state index contributed by atoms with van der Waals surface area (Å²) in [4.78, 5) is 25.9. The Hall–Kier alpha value is -2.02. The average Bonchev–Trinajstić information content (AvgIpc) is 2.29. The van der Waals surface area contributed by atoms with Gasteiger partial charge in [0.05, 0.1) is 11.9 Å². The van der Waals surface area contributed by atoms with Crippen LogP contribution in [0.4, 0.5) is 0 Å². The van der Waals surface area contributed by atoms with Gasteiger partial charge in [0.1, 0.15) is 0 Å². The molecule has 17 heavy (non-hydrogen) atoms. The summed E-state index contributed by atoms with van der Waals surface area (Å²) in [5, 5.41) is 12.5. The van der Waals surface area contributed by atoms with Gasteiger partial charge in [-0.1, -0.05) is 0 Å². The first-order valence-electron chi connectivity index (χ1n) is 4.52. The van der Waals surface area contributed by atoms with Crippen LogP contribution in [0.3, 0.4) is 0 Å². The molecule has 0 aliphatic rings. The van der Waals surface area contributed by atoms with E-state index < -0.39 is 17.1 Å². The number of aromatic nitrogens is 3. The average molecular weight is 296 g/mol. The molecule has 7 heteroatoms. The van der Waals surface area contributed by atoms with Gasteiger partial charge in [0.2, 0.25) is 11.1 Å². The number of nitrogens with zero attached hydrogens (tertiary/aromatic N) is 3. The molecule has 0 unspecified atom stereocenters. The van der Waals surface area contributed by atoms with Crippen LogP contribution >= 0.6 is 15.9 Å². The van der Waals surface area contributed by atoms with Crippen LogP contribution in [0, 0.1) is 0 Å². The summed E-state index contributed by atoms with van der Waals surface area (Å²) >= 11 is 3.24. The van der Waals surface area contributed by atoms with E-state index in [9.17, 15) is 9.59 Å². The molecule has 0 amide bonds. The molecule has 0 atom stereocenters. The molecule has 0 aromatic carbocycles. The molecule has 0 saturated carbocycles. The SMILES string of the molecule is O=C(O)c1nn(-c2cncc(Br)c2)ccc1=O. The third kappa shape index (κ3) is 2.39. The minimum atomic E-state index is -1.35. The molecule has 0 aliphatic heterocycles. The minimum Gasteiger partial charge on any atom is -0.476 e. The maximum atomic E-state index is 11.2. The van der Waals surface area contributed by atoms with Gasteiger partial charge in [-0.05, 0) is 22.0 Å². The summed E-state index contributed by atoms with van der Waals surface area (Å²) in [5.41, 5.74) is -0.592. The van der Waals surface area contributed by atoms with Gasteiger partial charge in [-0.25, -0.2) is 9.48 Å². The molecule has 0 fully saturated rings. The maximum Gasteiger partial charge on any atom is 0.360 e. The number of carbonyl (C=O) groups is 1. The van der Waals surface area contributed by atoms with E-state index in [-0.39, 0.29) is 0 Å². The third-order valence-corrected chi connectivity index (χ3v) is 2.40. The van der Waals surface area contributed by atoms with Gasteiger partial charge in [0.15, 0.2) is 0 Å². The van der Waals surface area contributed by atoms with Gasteiger partial charge in [0.25, 0.3) is 0 Å². The van der Waals surface area contributed by atoms with Gasteiger partial charge < -0.3 is 5.11 Å². The second kappa shape index (κ2) is 4.46. The highest BCUT2D eigenvalue weighted by Gasteiger charge is 2.11. The summed E-state index contributed by atoms with van der Waals surface area (Å²) in [7, 11) is 0. The van der Waals surface area contributed by atoms with Gasteiger partial charge >= 0.3 is 5.97 Å². The van der Waals surface area contributed by atoms with E-state index in [2.05, 4.69) is 26.0 Å². The van der Waals surface area contributed by atoms with Crippen LogP contribution in [-0.4, -0.2) is 25.8 Å². The highest BCUT2D eigenvalue weighted by Crippen LogP contribution is 2.12. The second-order valence-electron chi connectivity index (χ2n) is 3.14. The zero-order valence-electron chi connectivity index (χ0n) is 8.37. The van der Waals surface area contributed by atoms with Gasteiger partial charge in [-0.2, -0.15) is 5.10 Å². The summed E-state index contributed by atoms with van der Waals surface area (Å²) in [6.45, 7) is 0. The summed E-state index contributed by atoms with van der Waals surface area (Å²) < 4.78 is 2.01. The van der Waals surface area contributed by atoms with Crippen molar-refractivity contribution in [1.29, 1.82) is 0 Å². The fraction of sp³-hybridized carbons (Fsp3) is 0. The lowest BCUT2D eigenvalue weighted by atomic mass is 10.3. The molecule has 1 N–H and O–H groups in total. The van der Waals surface area contributed by atoms with Crippen molar-refractivity contribution in [2.24, 2.45) is 0 Å². The monoisotopic (exact) mass is 295 g/mol. The molecule has 2 aromatic heterocycles. The number of pyridine rings is 1. The first kappa shape index (κ1) is 11.5. The summed E-state index contributed by atoms with van der Waals surface area (Å²) in [5.74, 6) is -1.35. The van der Waals surface area contributed by atoms with Crippen molar-refractivity contribution in [3.8, 4) is 5.69 Å². The van der Waals surface area contributed by atoms with Crippen molar-refractivity contribution in [3.63, 3.8) is 0 Å². The number of halogens is 1. The number of hydrogen-bond donors (Lipinski definition) is 1. The van der Waals surface area contributed by atoms with Crippen molar-refractivity contribution < 1.29 is 9.90 Å². The molecule has 0 bridgehead atoms. The molecule has 2 aromatic rings. The van der Waals surface area contributed by atoms with Gasteiger partial charge in [0, 0.05) is 22.9 Å². The van der Waals surface area contributed by atoms with Crippen molar-refractivity contribution in [1.82, 2.24) is 14.8 Å². The van der Waals surface area contributed by atoms with E-state index in [0.717, 1.165) is 10.5 Å². The first-order valence-corrected chi connectivity index (χ1v) is 5.31. The van der Waals surface area contributed by atoms with Crippen molar-refractivity contribution in [3.05, 3.63) is 51.1 Å². The lowest BCUT2D eigenvalue weighted by molar-refractivity contribution is 0.0687. The van der Waals surface area contributed by atoms with Crippen LogP contribution in [0.2, 0.25) is 0 Å². The maximum absolute atomic E-state index is 11.2. The number of hydrogen-bond acceptors (Lipinski definition) is 4. The Kier molecular flexibility index (Phi) is 3.01. The van der Waals surface area contributed by atoms with E-state index >= 15 is 0 Å². The Morgan fingerprint density at radius 3 is 2.82 bits per heavy atom. The van der Waals surface area contributed by atoms with Crippen LogP contribution in [0.15, 0.2) is 40.0 Å². The quantitative estimate of drug-likeness (QED) is 0.896. The Balaban J connectivity index is 2.58. The molecule has 2 rings (SSSR count). The normalized spacial score (nSPS) is 10.2. The van der Waals surface area contributed by atoms with E-state index in [1.54, 1.807) is 12.3 Å². The Morgan fingerprint density at radius 1 is 1.41 bits per heavy atom. The molecular weight excluding hydrogens is 290 g/mol.